The van der Waals surface area contributed by atoms with E-state index in [1.165, 1.54) is 32.1 Å². The molecular formula is C19H39NO5. The van der Waals surface area contributed by atoms with E-state index in [1.807, 2.05) is 7.05 Å². The second-order valence-corrected chi connectivity index (χ2v) is 6.03. The SMILES string of the molecule is CCCCCCCCCC(=O)OCCOCCOCCOCCNC. The predicted molar refractivity (Wildman–Crippen MR) is 100.0 cm³/mol. The van der Waals surface area contributed by atoms with Crippen LogP contribution in [0.4, 0.5) is 0 Å². The molecule has 0 aliphatic rings. The summed E-state index contributed by atoms with van der Waals surface area (Å²) in [6.45, 7) is 6.70. The molecule has 0 aromatic heterocycles. The Morgan fingerprint density at radius 1 is 0.720 bits per heavy atom. The molecule has 0 atom stereocenters. The van der Waals surface area contributed by atoms with Crippen molar-refractivity contribution in [1.29, 1.82) is 0 Å². The van der Waals surface area contributed by atoms with Gasteiger partial charge in [0, 0.05) is 13.0 Å². The fourth-order valence-corrected chi connectivity index (χ4v) is 2.23. The van der Waals surface area contributed by atoms with Gasteiger partial charge >= 0.3 is 5.97 Å². The van der Waals surface area contributed by atoms with Crippen LogP contribution in [0.2, 0.25) is 0 Å². The molecule has 0 aromatic rings. The summed E-state index contributed by atoms with van der Waals surface area (Å²) in [5.74, 6) is -0.118. The molecule has 0 fully saturated rings. The maximum atomic E-state index is 11.5. The standard InChI is InChI=1S/C19H39NO5/c1-3-4-5-6-7-8-9-10-19(21)25-18-17-24-16-15-23-14-13-22-12-11-20-2/h20H,3-18H2,1-2H3. The molecule has 0 aliphatic heterocycles. The van der Waals surface area contributed by atoms with Gasteiger partial charge in [-0.3, -0.25) is 4.79 Å². The second-order valence-electron chi connectivity index (χ2n) is 6.03. The lowest BCUT2D eigenvalue weighted by Gasteiger charge is -2.07. The van der Waals surface area contributed by atoms with Gasteiger partial charge in [0.15, 0.2) is 0 Å². The Morgan fingerprint density at radius 2 is 1.24 bits per heavy atom. The Bertz CT molecular complexity index is 277. The van der Waals surface area contributed by atoms with E-state index in [9.17, 15) is 4.79 Å². The number of carbonyl (C=O) groups excluding carboxylic acids is 1. The predicted octanol–water partition coefficient (Wildman–Crippen LogP) is 2.94. The maximum absolute atomic E-state index is 11.5. The fraction of sp³-hybridized carbons (Fsp3) is 0.947. The molecule has 6 nitrogen and oxygen atoms in total. The molecule has 0 rings (SSSR count). The van der Waals surface area contributed by atoms with E-state index in [4.69, 9.17) is 18.9 Å². The van der Waals surface area contributed by atoms with Crippen molar-refractivity contribution >= 4 is 5.97 Å². The zero-order valence-electron chi connectivity index (χ0n) is 16.4. The number of likely N-dealkylation sites (N-methyl/N-ethyl adjacent to an activating group) is 1. The highest BCUT2D eigenvalue weighted by molar-refractivity contribution is 5.69. The van der Waals surface area contributed by atoms with Gasteiger partial charge in [-0.25, -0.2) is 0 Å². The molecule has 150 valence electrons. The molecule has 0 heterocycles. The molecule has 25 heavy (non-hydrogen) atoms. The third-order valence-corrected chi connectivity index (χ3v) is 3.72. The minimum Gasteiger partial charge on any atom is -0.463 e. The van der Waals surface area contributed by atoms with Gasteiger partial charge in [-0.05, 0) is 13.5 Å². The zero-order chi connectivity index (χ0) is 18.4. The molecule has 0 unspecified atom stereocenters. The van der Waals surface area contributed by atoms with E-state index in [0.717, 1.165) is 19.4 Å². The van der Waals surface area contributed by atoms with Crippen molar-refractivity contribution < 1.29 is 23.7 Å². The van der Waals surface area contributed by atoms with Gasteiger partial charge in [0.2, 0.25) is 0 Å². The zero-order valence-corrected chi connectivity index (χ0v) is 16.4. The summed E-state index contributed by atoms with van der Waals surface area (Å²) in [4.78, 5) is 11.5. The van der Waals surface area contributed by atoms with E-state index in [-0.39, 0.29) is 5.97 Å². The molecule has 0 amide bonds. The Kier molecular flexibility index (Phi) is 20.8. The first kappa shape index (κ1) is 24.3. The highest BCUT2D eigenvalue weighted by atomic mass is 16.6. The number of unbranched alkanes of at least 4 members (excludes halogenated alkanes) is 6. The van der Waals surface area contributed by atoms with Crippen LogP contribution in [0.5, 0.6) is 0 Å². The Morgan fingerprint density at radius 3 is 1.84 bits per heavy atom. The normalized spacial score (nSPS) is 11.0. The van der Waals surface area contributed by atoms with Crippen molar-refractivity contribution in [1.82, 2.24) is 5.32 Å². The van der Waals surface area contributed by atoms with Gasteiger partial charge < -0.3 is 24.3 Å². The van der Waals surface area contributed by atoms with Crippen molar-refractivity contribution in [2.75, 3.05) is 59.8 Å². The van der Waals surface area contributed by atoms with Gasteiger partial charge in [0.25, 0.3) is 0 Å². The Hall–Kier alpha value is -0.690. The van der Waals surface area contributed by atoms with E-state index < -0.39 is 0 Å². The number of rotatable bonds is 20. The number of hydrogen-bond acceptors (Lipinski definition) is 6. The minimum absolute atomic E-state index is 0.118. The maximum Gasteiger partial charge on any atom is 0.305 e. The van der Waals surface area contributed by atoms with E-state index in [0.29, 0.717) is 52.7 Å². The molecule has 0 aromatic carbocycles. The highest BCUT2D eigenvalue weighted by Crippen LogP contribution is 2.08. The quantitative estimate of drug-likeness (QED) is 0.266. The van der Waals surface area contributed by atoms with E-state index in [2.05, 4.69) is 12.2 Å². The molecule has 0 saturated heterocycles. The van der Waals surface area contributed by atoms with E-state index >= 15 is 0 Å². The van der Waals surface area contributed by atoms with Crippen LogP contribution in [0.3, 0.4) is 0 Å². The summed E-state index contributed by atoms with van der Waals surface area (Å²) in [7, 11) is 1.89. The molecule has 1 N–H and O–H groups in total. The first-order chi connectivity index (χ1) is 12.3. The molecule has 0 spiro atoms. The molecule has 0 radical (unpaired) electrons. The van der Waals surface area contributed by atoms with Crippen LogP contribution in [0, 0.1) is 0 Å². The molecule has 6 heteroatoms. The third kappa shape index (κ3) is 21.3. The summed E-state index contributed by atoms with van der Waals surface area (Å²) in [5, 5.41) is 3.01. The summed E-state index contributed by atoms with van der Waals surface area (Å²) >= 11 is 0. The number of ether oxygens (including phenoxy) is 4. The molecular weight excluding hydrogens is 322 g/mol. The summed E-state index contributed by atoms with van der Waals surface area (Å²) in [5.41, 5.74) is 0. The summed E-state index contributed by atoms with van der Waals surface area (Å²) in [6.07, 6.45) is 8.96. The second kappa shape index (κ2) is 21.4. The van der Waals surface area contributed by atoms with Crippen molar-refractivity contribution in [3.05, 3.63) is 0 Å². The largest absolute Gasteiger partial charge is 0.463 e. The number of hydrogen-bond donors (Lipinski definition) is 1. The van der Waals surface area contributed by atoms with Crippen molar-refractivity contribution in [3.8, 4) is 0 Å². The van der Waals surface area contributed by atoms with Crippen molar-refractivity contribution in [2.45, 2.75) is 58.3 Å². The van der Waals surface area contributed by atoms with Gasteiger partial charge in [0.05, 0.1) is 39.6 Å². The first-order valence-electron chi connectivity index (χ1n) is 9.84. The lowest BCUT2D eigenvalue weighted by molar-refractivity contribution is -0.145. The number of esters is 1. The average molecular weight is 362 g/mol. The van der Waals surface area contributed by atoms with E-state index in [1.54, 1.807) is 0 Å². The minimum atomic E-state index is -0.118. The fourth-order valence-electron chi connectivity index (χ4n) is 2.23. The van der Waals surface area contributed by atoms with Gasteiger partial charge in [-0.15, -0.1) is 0 Å². The number of nitrogens with one attached hydrogen (secondary N) is 1. The van der Waals surface area contributed by atoms with Gasteiger partial charge in [-0.1, -0.05) is 45.4 Å². The van der Waals surface area contributed by atoms with Crippen LogP contribution in [-0.2, 0) is 23.7 Å². The average Bonchev–Trinajstić information content (AvgIpc) is 2.62. The smallest absolute Gasteiger partial charge is 0.305 e. The van der Waals surface area contributed by atoms with Crippen LogP contribution < -0.4 is 5.32 Å². The van der Waals surface area contributed by atoms with Crippen LogP contribution in [0.15, 0.2) is 0 Å². The van der Waals surface area contributed by atoms with Crippen molar-refractivity contribution in [3.63, 3.8) is 0 Å². The van der Waals surface area contributed by atoms with Crippen LogP contribution >= 0.6 is 0 Å². The lowest BCUT2D eigenvalue weighted by Crippen LogP contribution is -2.17. The topological polar surface area (TPSA) is 66.0 Å². The number of carbonyl (C=O) groups is 1. The third-order valence-electron chi connectivity index (χ3n) is 3.72. The van der Waals surface area contributed by atoms with Gasteiger partial charge in [-0.2, -0.15) is 0 Å². The monoisotopic (exact) mass is 361 g/mol. The first-order valence-corrected chi connectivity index (χ1v) is 9.84. The summed E-state index contributed by atoms with van der Waals surface area (Å²) in [6, 6.07) is 0. The Balaban J connectivity index is 3.12. The summed E-state index contributed by atoms with van der Waals surface area (Å²) < 4.78 is 21.2. The highest BCUT2D eigenvalue weighted by Gasteiger charge is 2.02. The van der Waals surface area contributed by atoms with Crippen LogP contribution in [0.25, 0.3) is 0 Å². The van der Waals surface area contributed by atoms with Crippen LogP contribution in [0.1, 0.15) is 58.3 Å². The van der Waals surface area contributed by atoms with Crippen LogP contribution in [-0.4, -0.2) is 65.8 Å². The molecule has 0 bridgehead atoms. The Labute approximate surface area is 153 Å². The van der Waals surface area contributed by atoms with Crippen molar-refractivity contribution in [2.24, 2.45) is 0 Å². The van der Waals surface area contributed by atoms with Gasteiger partial charge in [0.1, 0.15) is 6.61 Å². The molecule has 0 saturated carbocycles. The molecule has 0 aliphatic carbocycles. The lowest BCUT2D eigenvalue weighted by atomic mass is 10.1.